The molecule has 24 heavy (non-hydrogen) atoms. The topological polar surface area (TPSA) is 72.9 Å². The van der Waals surface area contributed by atoms with E-state index in [0.717, 1.165) is 43.9 Å². The summed E-state index contributed by atoms with van der Waals surface area (Å²) in [5, 5.41) is 12.5. The van der Waals surface area contributed by atoms with Gasteiger partial charge in [0.25, 0.3) is 0 Å². The Balaban J connectivity index is 1.80. The van der Waals surface area contributed by atoms with Crippen LogP contribution in [0.25, 0.3) is 0 Å². The monoisotopic (exact) mass is 353 g/mol. The number of amides is 2. The van der Waals surface area contributed by atoms with Crippen LogP contribution < -0.4 is 5.32 Å². The van der Waals surface area contributed by atoms with Gasteiger partial charge in [-0.15, -0.1) is 0 Å². The van der Waals surface area contributed by atoms with Gasteiger partial charge in [0, 0.05) is 37.7 Å². The number of carbonyl (C=O) groups is 2. The third-order valence-corrected chi connectivity index (χ3v) is 4.72. The normalized spacial score (nSPS) is 15.9. The highest BCUT2D eigenvalue weighted by molar-refractivity contribution is 6.30. The van der Waals surface area contributed by atoms with Crippen molar-refractivity contribution in [2.45, 2.75) is 25.3 Å². The van der Waals surface area contributed by atoms with Gasteiger partial charge < -0.3 is 15.3 Å². The van der Waals surface area contributed by atoms with Crippen molar-refractivity contribution in [2.75, 3.05) is 33.2 Å². The van der Waals surface area contributed by atoms with Crippen LogP contribution in [0.2, 0.25) is 5.02 Å². The lowest BCUT2D eigenvalue weighted by molar-refractivity contribution is -0.122. The van der Waals surface area contributed by atoms with Gasteiger partial charge in [-0.05, 0) is 37.0 Å². The quantitative estimate of drug-likeness (QED) is 0.821. The van der Waals surface area contributed by atoms with Crippen LogP contribution in [0.3, 0.4) is 0 Å². The van der Waals surface area contributed by atoms with Crippen molar-refractivity contribution in [3.05, 3.63) is 34.9 Å². The number of hydrogen-bond acceptors (Lipinski definition) is 3. The number of likely N-dealkylation sites (N-methyl/N-ethyl adjacent to an activating group) is 1. The summed E-state index contributed by atoms with van der Waals surface area (Å²) >= 11 is 5.89. The minimum Gasteiger partial charge on any atom is -0.465 e. The number of carboxylic acid groups (broad SMARTS) is 1. The molecule has 0 radical (unpaired) electrons. The minimum absolute atomic E-state index is 0.0911. The van der Waals surface area contributed by atoms with Crippen LogP contribution in [0, 0.1) is 0 Å². The average Bonchev–Trinajstić information content (AvgIpc) is 2.59. The summed E-state index contributed by atoms with van der Waals surface area (Å²) in [6.07, 6.45) is 1.43. The summed E-state index contributed by atoms with van der Waals surface area (Å²) in [6, 6.07) is 7.76. The maximum Gasteiger partial charge on any atom is 0.408 e. The third kappa shape index (κ3) is 5.39. The molecule has 2 N–H and O–H groups in total. The molecule has 0 spiro atoms. The molecule has 0 bridgehead atoms. The molecule has 2 amide bonds. The lowest BCUT2D eigenvalue weighted by Crippen LogP contribution is -2.50. The number of nitrogens with zero attached hydrogens (tertiary/aromatic N) is 2. The highest BCUT2D eigenvalue weighted by atomic mass is 35.5. The van der Waals surface area contributed by atoms with Gasteiger partial charge >= 0.3 is 6.09 Å². The number of hydrogen-bond donors (Lipinski definition) is 2. The van der Waals surface area contributed by atoms with E-state index in [1.165, 1.54) is 17.5 Å². The fourth-order valence-electron chi connectivity index (χ4n) is 2.98. The van der Waals surface area contributed by atoms with Gasteiger partial charge in [-0.25, -0.2) is 4.79 Å². The van der Waals surface area contributed by atoms with E-state index >= 15 is 0 Å². The molecular formula is C17H24ClN3O3. The van der Waals surface area contributed by atoms with E-state index in [0.29, 0.717) is 0 Å². The van der Waals surface area contributed by atoms with Crippen molar-refractivity contribution in [1.82, 2.24) is 15.1 Å². The minimum atomic E-state index is -1.03. The van der Waals surface area contributed by atoms with Gasteiger partial charge in [0.2, 0.25) is 5.91 Å². The van der Waals surface area contributed by atoms with Crippen LogP contribution in [0.1, 0.15) is 18.4 Å². The molecule has 1 saturated heterocycles. The maximum absolute atomic E-state index is 11.5. The Bertz CT molecular complexity index is 557. The van der Waals surface area contributed by atoms with E-state index < -0.39 is 6.09 Å². The number of nitrogens with one attached hydrogen (secondary N) is 1. The molecule has 0 aromatic heterocycles. The van der Waals surface area contributed by atoms with E-state index in [2.05, 4.69) is 10.2 Å². The van der Waals surface area contributed by atoms with E-state index in [1.807, 2.05) is 24.3 Å². The van der Waals surface area contributed by atoms with Crippen molar-refractivity contribution in [3.63, 3.8) is 0 Å². The second kappa shape index (κ2) is 8.89. The van der Waals surface area contributed by atoms with Crippen LogP contribution in [-0.2, 0) is 11.2 Å². The Morgan fingerprint density at radius 3 is 2.46 bits per heavy atom. The molecule has 1 heterocycles. The Morgan fingerprint density at radius 2 is 1.92 bits per heavy atom. The molecule has 7 heteroatoms. The smallest absolute Gasteiger partial charge is 0.408 e. The maximum atomic E-state index is 11.5. The molecule has 0 atom stereocenters. The summed E-state index contributed by atoms with van der Waals surface area (Å²) in [6.45, 7) is 2.53. The van der Waals surface area contributed by atoms with Gasteiger partial charge in [0.1, 0.15) is 6.54 Å². The lowest BCUT2D eigenvalue weighted by Gasteiger charge is -2.36. The van der Waals surface area contributed by atoms with Gasteiger partial charge in [-0.3, -0.25) is 9.69 Å². The van der Waals surface area contributed by atoms with E-state index in [4.69, 9.17) is 11.6 Å². The van der Waals surface area contributed by atoms with Crippen molar-refractivity contribution in [2.24, 2.45) is 0 Å². The van der Waals surface area contributed by atoms with Crippen LogP contribution in [0.5, 0.6) is 0 Å². The number of halogens is 1. The molecule has 2 rings (SSSR count). The Labute approximate surface area is 147 Å². The standard InChI is InChI=1S/C17H24ClN3O3/c1-19-16(22)12-21(17(23)24)15-7-10-20(11-8-15)9-6-13-2-4-14(18)5-3-13/h2-5,15H,6-12H2,1H3,(H,19,22)(H,23,24). The van der Waals surface area contributed by atoms with Crippen LogP contribution in [0.15, 0.2) is 24.3 Å². The first-order valence-corrected chi connectivity index (χ1v) is 8.54. The molecule has 1 fully saturated rings. The molecule has 0 saturated carbocycles. The Morgan fingerprint density at radius 1 is 1.29 bits per heavy atom. The van der Waals surface area contributed by atoms with Gasteiger partial charge in [-0.2, -0.15) is 0 Å². The predicted molar refractivity (Wildman–Crippen MR) is 93.4 cm³/mol. The molecular weight excluding hydrogens is 330 g/mol. The molecule has 1 aliphatic rings. The van der Waals surface area contributed by atoms with Crippen molar-refractivity contribution < 1.29 is 14.7 Å². The Kier molecular flexibility index (Phi) is 6.87. The third-order valence-electron chi connectivity index (χ3n) is 4.47. The summed E-state index contributed by atoms with van der Waals surface area (Å²) in [4.78, 5) is 26.5. The largest absolute Gasteiger partial charge is 0.465 e. The predicted octanol–water partition coefficient (Wildman–Crippen LogP) is 2.07. The fraction of sp³-hybridized carbons (Fsp3) is 0.529. The lowest BCUT2D eigenvalue weighted by atomic mass is 10.0. The summed E-state index contributed by atoms with van der Waals surface area (Å²) in [7, 11) is 1.52. The second-order valence-corrected chi connectivity index (χ2v) is 6.47. The zero-order valence-electron chi connectivity index (χ0n) is 13.9. The highest BCUT2D eigenvalue weighted by Crippen LogP contribution is 2.18. The van der Waals surface area contributed by atoms with Gasteiger partial charge in [0.05, 0.1) is 0 Å². The first kappa shape index (κ1) is 18.5. The first-order valence-electron chi connectivity index (χ1n) is 8.16. The fourth-order valence-corrected chi connectivity index (χ4v) is 3.11. The average molecular weight is 354 g/mol. The van der Waals surface area contributed by atoms with Crippen LogP contribution >= 0.6 is 11.6 Å². The van der Waals surface area contributed by atoms with Gasteiger partial charge in [0.15, 0.2) is 0 Å². The molecule has 6 nitrogen and oxygen atoms in total. The Hall–Kier alpha value is -1.79. The summed E-state index contributed by atoms with van der Waals surface area (Å²) < 4.78 is 0. The SMILES string of the molecule is CNC(=O)CN(C(=O)O)C1CCN(CCc2ccc(Cl)cc2)CC1. The summed E-state index contributed by atoms with van der Waals surface area (Å²) in [5.74, 6) is -0.275. The summed E-state index contributed by atoms with van der Waals surface area (Å²) in [5.41, 5.74) is 1.24. The number of likely N-dealkylation sites (tertiary alicyclic amines) is 1. The molecule has 0 aliphatic carbocycles. The molecule has 1 aromatic carbocycles. The molecule has 1 aromatic rings. The van der Waals surface area contributed by atoms with Gasteiger partial charge in [-0.1, -0.05) is 23.7 Å². The zero-order valence-corrected chi connectivity index (χ0v) is 14.6. The number of piperidine rings is 1. The van der Waals surface area contributed by atoms with Crippen molar-refractivity contribution in [1.29, 1.82) is 0 Å². The van der Waals surface area contributed by atoms with Crippen LogP contribution in [0.4, 0.5) is 4.79 Å². The van der Waals surface area contributed by atoms with Crippen molar-refractivity contribution in [3.8, 4) is 0 Å². The van der Waals surface area contributed by atoms with E-state index in [1.54, 1.807) is 0 Å². The second-order valence-electron chi connectivity index (χ2n) is 6.03. The first-order chi connectivity index (χ1) is 11.5. The molecule has 1 aliphatic heterocycles. The number of rotatable bonds is 6. The highest BCUT2D eigenvalue weighted by Gasteiger charge is 2.28. The molecule has 132 valence electrons. The zero-order chi connectivity index (χ0) is 17.5. The van der Waals surface area contributed by atoms with Crippen molar-refractivity contribution >= 4 is 23.6 Å². The number of carbonyl (C=O) groups excluding carboxylic acids is 1. The van der Waals surface area contributed by atoms with E-state index in [-0.39, 0.29) is 18.5 Å². The van der Waals surface area contributed by atoms with Crippen LogP contribution in [-0.4, -0.2) is 66.2 Å². The van der Waals surface area contributed by atoms with E-state index in [9.17, 15) is 14.7 Å². The number of benzene rings is 1. The molecule has 0 unspecified atom stereocenters.